The number of halogens is 1. The maximum atomic E-state index is 12.9. The molecule has 0 aliphatic carbocycles. The van der Waals surface area contributed by atoms with Crippen LogP contribution in [0.15, 0.2) is 60.7 Å². The van der Waals surface area contributed by atoms with Gasteiger partial charge in [0.2, 0.25) is 0 Å². The van der Waals surface area contributed by atoms with Gasteiger partial charge in [0.25, 0.3) is 0 Å². The molecule has 2 aromatic carbocycles. The molecule has 0 amide bonds. The molecular formula is C17H15FN2. The molecule has 1 heterocycles. The second-order valence-electron chi connectivity index (χ2n) is 4.86. The third-order valence-electron chi connectivity index (χ3n) is 3.38. The Morgan fingerprint density at radius 2 is 1.70 bits per heavy atom. The fourth-order valence-electron chi connectivity index (χ4n) is 2.28. The summed E-state index contributed by atoms with van der Waals surface area (Å²) >= 11 is 0. The van der Waals surface area contributed by atoms with Gasteiger partial charge in [-0.15, -0.1) is 0 Å². The van der Waals surface area contributed by atoms with Crippen LogP contribution in [0.3, 0.4) is 0 Å². The van der Waals surface area contributed by atoms with Crippen LogP contribution in [0.1, 0.15) is 17.3 Å². The van der Waals surface area contributed by atoms with Gasteiger partial charge in [-0.05, 0) is 29.8 Å². The molecule has 0 spiro atoms. The molecule has 0 saturated carbocycles. The van der Waals surface area contributed by atoms with Crippen molar-refractivity contribution in [1.82, 2.24) is 4.98 Å². The summed E-state index contributed by atoms with van der Waals surface area (Å²) in [4.78, 5) is 4.60. The number of aromatic nitrogens is 1. The number of benzene rings is 2. The topological polar surface area (TPSA) is 38.9 Å². The summed E-state index contributed by atoms with van der Waals surface area (Å²) in [6.45, 7) is 0. The Balaban J connectivity index is 1.83. The molecule has 0 aliphatic rings. The summed E-state index contributed by atoms with van der Waals surface area (Å²) < 4.78 is 12.9. The second-order valence-corrected chi connectivity index (χ2v) is 4.86. The largest absolute Gasteiger partial charge is 0.324 e. The van der Waals surface area contributed by atoms with Crippen molar-refractivity contribution >= 4 is 10.9 Å². The Hall–Kier alpha value is -2.26. The Kier molecular flexibility index (Phi) is 3.44. The maximum Gasteiger partial charge on any atom is 0.123 e. The van der Waals surface area contributed by atoms with Crippen molar-refractivity contribution in [2.45, 2.75) is 12.5 Å². The molecule has 1 unspecified atom stereocenters. The zero-order valence-electron chi connectivity index (χ0n) is 11.0. The number of fused-ring (bicyclic) bond motifs is 1. The standard InChI is InChI=1S/C17H15FN2/c18-14-8-5-12(6-9-14)16(19)11-15-10-7-13-3-1-2-4-17(13)20-15/h1-10,16H,11,19H2. The quantitative estimate of drug-likeness (QED) is 0.786. The average molecular weight is 266 g/mol. The molecule has 2 N–H and O–H groups in total. The minimum atomic E-state index is -0.246. The van der Waals surface area contributed by atoms with E-state index in [4.69, 9.17) is 5.73 Å². The second kappa shape index (κ2) is 5.39. The lowest BCUT2D eigenvalue weighted by Crippen LogP contribution is -2.14. The fraction of sp³-hybridized carbons (Fsp3) is 0.118. The normalized spacial score (nSPS) is 12.5. The summed E-state index contributed by atoms with van der Waals surface area (Å²) in [5.74, 6) is -0.246. The maximum absolute atomic E-state index is 12.9. The highest BCUT2D eigenvalue weighted by Crippen LogP contribution is 2.18. The van der Waals surface area contributed by atoms with E-state index in [1.807, 2.05) is 30.3 Å². The zero-order chi connectivity index (χ0) is 13.9. The monoisotopic (exact) mass is 266 g/mol. The first-order chi connectivity index (χ1) is 9.72. The van der Waals surface area contributed by atoms with Crippen LogP contribution in [0.5, 0.6) is 0 Å². The molecule has 3 aromatic rings. The van der Waals surface area contributed by atoms with Crippen molar-refractivity contribution < 1.29 is 4.39 Å². The molecule has 3 rings (SSSR count). The predicted molar refractivity (Wildman–Crippen MR) is 78.8 cm³/mol. The van der Waals surface area contributed by atoms with E-state index in [0.717, 1.165) is 22.2 Å². The number of rotatable bonds is 3. The summed E-state index contributed by atoms with van der Waals surface area (Å²) in [7, 11) is 0. The van der Waals surface area contributed by atoms with Gasteiger partial charge in [0.1, 0.15) is 5.82 Å². The lowest BCUT2D eigenvalue weighted by molar-refractivity contribution is 0.624. The Morgan fingerprint density at radius 1 is 0.950 bits per heavy atom. The van der Waals surface area contributed by atoms with Crippen LogP contribution >= 0.6 is 0 Å². The first-order valence-electron chi connectivity index (χ1n) is 6.58. The van der Waals surface area contributed by atoms with E-state index in [2.05, 4.69) is 11.1 Å². The molecule has 20 heavy (non-hydrogen) atoms. The number of hydrogen-bond donors (Lipinski definition) is 1. The van der Waals surface area contributed by atoms with Crippen LogP contribution in [0, 0.1) is 5.82 Å². The number of nitrogens with zero attached hydrogens (tertiary/aromatic N) is 1. The van der Waals surface area contributed by atoms with E-state index in [1.165, 1.54) is 12.1 Å². The summed E-state index contributed by atoms with van der Waals surface area (Å²) in [5.41, 5.74) is 8.99. The van der Waals surface area contributed by atoms with Gasteiger partial charge in [-0.1, -0.05) is 36.4 Å². The lowest BCUT2D eigenvalue weighted by Gasteiger charge is -2.12. The van der Waals surface area contributed by atoms with Gasteiger partial charge in [-0.2, -0.15) is 0 Å². The fourth-order valence-corrected chi connectivity index (χ4v) is 2.28. The van der Waals surface area contributed by atoms with Crippen molar-refractivity contribution in [3.63, 3.8) is 0 Å². The van der Waals surface area contributed by atoms with Crippen LogP contribution in [-0.2, 0) is 6.42 Å². The molecule has 0 saturated heterocycles. The highest BCUT2D eigenvalue weighted by atomic mass is 19.1. The minimum absolute atomic E-state index is 0.177. The van der Waals surface area contributed by atoms with Crippen LogP contribution in [-0.4, -0.2) is 4.98 Å². The Labute approximate surface area is 117 Å². The molecule has 100 valence electrons. The summed E-state index contributed by atoms with van der Waals surface area (Å²) in [5, 5.41) is 1.12. The first-order valence-corrected chi connectivity index (χ1v) is 6.58. The molecule has 0 aliphatic heterocycles. The smallest absolute Gasteiger partial charge is 0.123 e. The van der Waals surface area contributed by atoms with Gasteiger partial charge in [0.05, 0.1) is 5.52 Å². The molecule has 2 nitrogen and oxygen atoms in total. The highest BCUT2D eigenvalue weighted by Gasteiger charge is 2.08. The van der Waals surface area contributed by atoms with Gasteiger partial charge in [0.15, 0.2) is 0 Å². The van der Waals surface area contributed by atoms with Gasteiger partial charge in [-0.3, -0.25) is 4.98 Å². The minimum Gasteiger partial charge on any atom is -0.324 e. The number of nitrogens with two attached hydrogens (primary N) is 1. The molecule has 0 bridgehead atoms. The van der Waals surface area contributed by atoms with Crippen molar-refractivity contribution in [3.05, 3.63) is 77.7 Å². The van der Waals surface area contributed by atoms with Crippen LogP contribution in [0.4, 0.5) is 4.39 Å². The summed E-state index contributed by atoms with van der Waals surface area (Å²) in [6.07, 6.45) is 0.635. The zero-order valence-corrected chi connectivity index (χ0v) is 11.0. The molecule has 0 fully saturated rings. The Bertz CT molecular complexity index is 722. The summed E-state index contributed by atoms with van der Waals surface area (Å²) in [6, 6.07) is 18.2. The lowest BCUT2D eigenvalue weighted by atomic mass is 10.0. The predicted octanol–water partition coefficient (Wildman–Crippen LogP) is 3.62. The van der Waals surface area contributed by atoms with Crippen molar-refractivity contribution in [2.75, 3.05) is 0 Å². The van der Waals surface area contributed by atoms with Crippen molar-refractivity contribution in [3.8, 4) is 0 Å². The van der Waals surface area contributed by atoms with Gasteiger partial charge in [-0.25, -0.2) is 4.39 Å². The third-order valence-corrected chi connectivity index (χ3v) is 3.38. The van der Waals surface area contributed by atoms with Gasteiger partial charge >= 0.3 is 0 Å². The number of pyridine rings is 1. The Morgan fingerprint density at radius 3 is 2.50 bits per heavy atom. The molecule has 3 heteroatoms. The molecular weight excluding hydrogens is 251 g/mol. The SMILES string of the molecule is NC(Cc1ccc2ccccc2n1)c1ccc(F)cc1. The number of para-hydroxylation sites is 1. The van der Waals surface area contributed by atoms with E-state index < -0.39 is 0 Å². The van der Waals surface area contributed by atoms with Gasteiger partial charge in [0, 0.05) is 23.5 Å². The van der Waals surface area contributed by atoms with E-state index in [0.29, 0.717) is 6.42 Å². The molecule has 0 radical (unpaired) electrons. The van der Waals surface area contributed by atoms with Crippen molar-refractivity contribution in [1.29, 1.82) is 0 Å². The average Bonchev–Trinajstić information content (AvgIpc) is 2.48. The van der Waals surface area contributed by atoms with Crippen molar-refractivity contribution in [2.24, 2.45) is 5.73 Å². The van der Waals surface area contributed by atoms with E-state index >= 15 is 0 Å². The van der Waals surface area contributed by atoms with E-state index in [9.17, 15) is 4.39 Å². The third kappa shape index (κ3) is 2.68. The van der Waals surface area contributed by atoms with Crippen LogP contribution in [0.2, 0.25) is 0 Å². The van der Waals surface area contributed by atoms with E-state index in [1.54, 1.807) is 12.1 Å². The van der Waals surface area contributed by atoms with E-state index in [-0.39, 0.29) is 11.9 Å². The van der Waals surface area contributed by atoms with Gasteiger partial charge < -0.3 is 5.73 Å². The van der Waals surface area contributed by atoms with Crippen LogP contribution in [0.25, 0.3) is 10.9 Å². The highest BCUT2D eigenvalue weighted by molar-refractivity contribution is 5.78. The first kappa shape index (κ1) is 12.8. The molecule has 1 aromatic heterocycles. The molecule has 1 atom stereocenters. The van der Waals surface area contributed by atoms with Crippen LogP contribution < -0.4 is 5.73 Å². The number of hydrogen-bond acceptors (Lipinski definition) is 2.